The van der Waals surface area contributed by atoms with Crippen LogP contribution in [0.2, 0.25) is 0 Å². The number of hydrogen-bond donors (Lipinski definition) is 1. The summed E-state index contributed by atoms with van der Waals surface area (Å²) in [5, 5.41) is 0. The normalized spacial score (nSPS) is 17.6. The van der Waals surface area contributed by atoms with Gasteiger partial charge in [0.1, 0.15) is 0 Å². The predicted octanol–water partition coefficient (Wildman–Crippen LogP) is 2.49. The third-order valence-corrected chi connectivity index (χ3v) is 9.10. The van der Waals surface area contributed by atoms with E-state index in [4.69, 9.17) is 0 Å². The van der Waals surface area contributed by atoms with E-state index in [1.165, 1.54) is 33.5 Å². The number of aryl methyl sites for hydroxylation is 1. The zero-order valence-electron chi connectivity index (χ0n) is 17.5. The summed E-state index contributed by atoms with van der Waals surface area (Å²) in [5.74, 6) is -0.0935. The number of likely N-dealkylation sites (N-methyl/N-ethyl adjacent to an activating group) is 1. The van der Waals surface area contributed by atoms with Crippen LogP contribution in [0.4, 0.5) is 11.4 Å². The second kappa shape index (κ2) is 7.92. The molecule has 31 heavy (non-hydrogen) atoms. The van der Waals surface area contributed by atoms with E-state index in [-0.39, 0.29) is 27.8 Å². The molecule has 1 saturated heterocycles. The molecular weight excluding hydrogens is 438 g/mol. The molecule has 0 radical (unpaired) electrons. The van der Waals surface area contributed by atoms with Gasteiger partial charge < -0.3 is 4.90 Å². The number of benzene rings is 2. The molecule has 2 aliphatic heterocycles. The minimum Gasteiger partial charge on any atom is -0.315 e. The van der Waals surface area contributed by atoms with Crippen molar-refractivity contribution in [3.05, 3.63) is 47.5 Å². The molecule has 2 heterocycles. The van der Waals surface area contributed by atoms with Crippen molar-refractivity contribution in [1.82, 2.24) is 4.31 Å². The lowest BCUT2D eigenvalue weighted by molar-refractivity contribution is -0.117. The smallest absolute Gasteiger partial charge is 0.261 e. The van der Waals surface area contributed by atoms with Crippen LogP contribution in [0, 0.1) is 6.92 Å². The fourth-order valence-corrected chi connectivity index (χ4v) is 6.66. The van der Waals surface area contributed by atoms with Crippen molar-refractivity contribution in [3.8, 4) is 0 Å². The molecule has 2 aromatic rings. The molecule has 0 bridgehead atoms. The largest absolute Gasteiger partial charge is 0.315 e. The van der Waals surface area contributed by atoms with Gasteiger partial charge in [0.25, 0.3) is 10.0 Å². The first-order valence-corrected chi connectivity index (χ1v) is 13.0. The highest BCUT2D eigenvalue weighted by Gasteiger charge is 2.28. The van der Waals surface area contributed by atoms with Crippen molar-refractivity contribution in [2.45, 2.75) is 42.4 Å². The molecule has 0 unspecified atom stereocenters. The van der Waals surface area contributed by atoms with E-state index >= 15 is 0 Å². The van der Waals surface area contributed by atoms with Crippen molar-refractivity contribution in [1.29, 1.82) is 0 Å². The number of piperidine rings is 1. The van der Waals surface area contributed by atoms with Crippen molar-refractivity contribution < 1.29 is 21.6 Å². The lowest BCUT2D eigenvalue weighted by Gasteiger charge is -2.26. The van der Waals surface area contributed by atoms with Gasteiger partial charge in [-0.3, -0.25) is 9.52 Å². The van der Waals surface area contributed by atoms with Gasteiger partial charge in [0.05, 0.1) is 21.9 Å². The maximum atomic E-state index is 13.0. The van der Waals surface area contributed by atoms with Gasteiger partial charge in [-0.05, 0) is 61.2 Å². The summed E-state index contributed by atoms with van der Waals surface area (Å²) in [4.78, 5) is 13.5. The van der Waals surface area contributed by atoms with E-state index < -0.39 is 20.0 Å². The standard InChI is InChI=1S/C21H25N3O5S2/c1-15-6-7-18(31(28,29)24-10-4-3-5-11-24)14-19(15)22-30(26,27)17-8-9-20-16(12-17)13-21(25)23(20)2/h6-9,12,14,22H,3-5,10-11,13H2,1-2H3. The van der Waals surface area contributed by atoms with E-state index in [1.54, 1.807) is 26.1 Å². The molecule has 0 aliphatic carbocycles. The number of nitrogens with zero attached hydrogens (tertiary/aromatic N) is 2. The van der Waals surface area contributed by atoms with Gasteiger partial charge in [0.2, 0.25) is 15.9 Å². The van der Waals surface area contributed by atoms with Gasteiger partial charge in [-0.25, -0.2) is 16.8 Å². The zero-order chi connectivity index (χ0) is 22.4. The molecule has 2 aliphatic rings. The Kier molecular flexibility index (Phi) is 5.57. The lowest BCUT2D eigenvalue weighted by atomic mass is 10.2. The third kappa shape index (κ3) is 4.07. The number of amides is 1. The number of sulfonamides is 2. The Morgan fingerprint density at radius 2 is 1.58 bits per heavy atom. The van der Waals surface area contributed by atoms with E-state index in [9.17, 15) is 21.6 Å². The zero-order valence-corrected chi connectivity index (χ0v) is 19.1. The first-order valence-electron chi connectivity index (χ1n) is 10.1. The number of nitrogens with one attached hydrogen (secondary N) is 1. The van der Waals surface area contributed by atoms with Gasteiger partial charge in [0, 0.05) is 25.8 Å². The van der Waals surface area contributed by atoms with Crippen LogP contribution in [-0.2, 0) is 31.3 Å². The molecule has 10 heteroatoms. The molecule has 166 valence electrons. The maximum absolute atomic E-state index is 13.0. The van der Waals surface area contributed by atoms with Crippen LogP contribution in [0.15, 0.2) is 46.2 Å². The fraction of sp³-hybridized carbons (Fsp3) is 0.381. The van der Waals surface area contributed by atoms with Gasteiger partial charge in [-0.1, -0.05) is 12.5 Å². The minimum absolute atomic E-state index is 0.0260. The van der Waals surface area contributed by atoms with Crippen LogP contribution in [0.25, 0.3) is 0 Å². The molecule has 1 amide bonds. The van der Waals surface area contributed by atoms with Crippen LogP contribution in [0.3, 0.4) is 0 Å². The van der Waals surface area contributed by atoms with Crippen LogP contribution in [0.1, 0.15) is 30.4 Å². The molecule has 0 spiro atoms. The summed E-state index contributed by atoms with van der Waals surface area (Å²) >= 11 is 0. The van der Waals surface area contributed by atoms with Crippen molar-refractivity contribution in [3.63, 3.8) is 0 Å². The number of fused-ring (bicyclic) bond motifs is 1. The Bertz CT molecular complexity index is 1250. The number of carbonyl (C=O) groups is 1. The highest BCUT2D eigenvalue weighted by Crippen LogP contribution is 2.31. The molecule has 0 atom stereocenters. The van der Waals surface area contributed by atoms with Gasteiger partial charge >= 0.3 is 0 Å². The molecule has 2 aromatic carbocycles. The number of rotatable bonds is 5. The first kappa shape index (κ1) is 21.8. The van der Waals surface area contributed by atoms with Gasteiger partial charge in [-0.2, -0.15) is 4.31 Å². The lowest BCUT2D eigenvalue weighted by Crippen LogP contribution is -2.35. The molecule has 4 rings (SSSR count). The Labute approximate surface area is 183 Å². The first-order chi connectivity index (χ1) is 14.6. The van der Waals surface area contributed by atoms with Crippen molar-refractivity contribution >= 4 is 37.3 Å². The van der Waals surface area contributed by atoms with Crippen LogP contribution < -0.4 is 9.62 Å². The number of anilines is 2. The summed E-state index contributed by atoms with van der Waals surface area (Å²) in [7, 11) is -6.00. The summed E-state index contributed by atoms with van der Waals surface area (Å²) in [6.45, 7) is 2.66. The Morgan fingerprint density at radius 1 is 0.903 bits per heavy atom. The van der Waals surface area contributed by atoms with E-state index in [2.05, 4.69) is 4.72 Å². The average molecular weight is 464 g/mol. The monoisotopic (exact) mass is 463 g/mol. The molecule has 1 fully saturated rings. The molecule has 8 nitrogen and oxygen atoms in total. The summed E-state index contributed by atoms with van der Waals surface area (Å²) < 4.78 is 56.0. The van der Waals surface area contributed by atoms with Gasteiger partial charge in [0.15, 0.2) is 0 Å². The highest BCUT2D eigenvalue weighted by atomic mass is 32.2. The topological polar surface area (TPSA) is 104 Å². The third-order valence-electron chi connectivity index (χ3n) is 5.84. The van der Waals surface area contributed by atoms with Crippen molar-refractivity contribution in [2.24, 2.45) is 0 Å². The Balaban J connectivity index is 1.64. The second-order valence-corrected chi connectivity index (χ2v) is 11.6. The molecule has 0 saturated carbocycles. The maximum Gasteiger partial charge on any atom is 0.261 e. The predicted molar refractivity (Wildman–Crippen MR) is 118 cm³/mol. The van der Waals surface area contributed by atoms with Gasteiger partial charge in [-0.15, -0.1) is 0 Å². The minimum atomic E-state index is -3.97. The van der Waals surface area contributed by atoms with E-state index in [0.29, 0.717) is 29.9 Å². The van der Waals surface area contributed by atoms with E-state index in [1.807, 2.05) is 0 Å². The fourth-order valence-electron chi connectivity index (χ4n) is 3.94. The summed E-state index contributed by atoms with van der Waals surface area (Å²) in [6.07, 6.45) is 2.80. The number of hydrogen-bond acceptors (Lipinski definition) is 5. The van der Waals surface area contributed by atoms with Crippen LogP contribution >= 0.6 is 0 Å². The Hall–Kier alpha value is -2.43. The summed E-state index contributed by atoms with van der Waals surface area (Å²) in [6, 6.07) is 9.03. The summed E-state index contributed by atoms with van der Waals surface area (Å²) in [5.41, 5.74) is 2.16. The SMILES string of the molecule is Cc1ccc(S(=O)(=O)N2CCCCC2)cc1NS(=O)(=O)c1ccc2c(c1)CC(=O)N2C. The molecule has 0 aromatic heterocycles. The van der Waals surface area contributed by atoms with E-state index in [0.717, 1.165) is 19.3 Å². The van der Waals surface area contributed by atoms with Crippen LogP contribution in [-0.4, -0.2) is 47.2 Å². The second-order valence-electron chi connectivity index (χ2n) is 7.97. The quantitative estimate of drug-likeness (QED) is 0.734. The molecule has 1 N–H and O–H groups in total. The molecular formula is C21H25N3O5S2. The van der Waals surface area contributed by atoms with Crippen LogP contribution in [0.5, 0.6) is 0 Å². The highest BCUT2D eigenvalue weighted by molar-refractivity contribution is 7.92. The Morgan fingerprint density at radius 3 is 2.29 bits per heavy atom. The average Bonchev–Trinajstić information content (AvgIpc) is 3.03. The van der Waals surface area contributed by atoms with Crippen molar-refractivity contribution in [2.75, 3.05) is 29.8 Å². The number of carbonyl (C=O) groups excluding carboxylic acids is 1.